The van der Waals surface area contributed by atoms with Gasteiger partial charge in [0.15, 0.2) is 5.65 Å². The van der Waals surface area contributed by atoms with Crippen molar-refractivity contribution < 1.29 is 9.53 Å². The maximum atomic E-state index is 12.8. The summed E-state index contributed by atoms with van der Waals surface area (Å²) in [5.74, 6) is 7.31. The van der Waals surface area contributed by atoms with Crippen LogP contribution in [0.1, 0.15) is 52.6 Å². The second-order valence-corrected chi connectivity index (χ2v) is 10.8. The van der Waals surface area contributed by atoms with Gasteiger partial charge in [0.2, 0.25) is 0 Å². The molecule has 2 unspecified atom stereocenters. The van der Waals surface area contributed by atoms with Crippen molar-refractivity contribution >= 4 is 11.6 Å². The number of ether oxygens (including phenoxy) is 1. The molecule has 2 aromatic carbocycles. The predicted molar refractivity (Wildman–Crippen MR) is 163 cm³/mol. The smallest absolute Gasteiger partial charge is 0.254 e. The summed E-state index contributed by atoms with van der Waals surface area (Å²) in [4.78, 5) is 23.8. The quantitative estimate of drug-likeness (QED) is 0.253. The summed E-state index contributed by atoms with van der Waals surface area (Å²) in [7, 11) is 0. The van der Waals surface area contributed by atoms with E-state index in [4.69, 9.17) is 9.84 Å². The number of hydrogen-bond donors (Lipinski definition) is 0. The van der Waals surface area contributed by atoms with Crippen LogP contribution in [0.15, 0.2) is 91.3 Å². The van der Waals surface area contributed by atoms with Crippen molar-refractivity contribution in [1.82, 2.24) is 24.5 Å². The van der Waals surface area contributed by atoms with Crippen molar-refractivity contribution in [3.63, 3.8) is 0 Å². The molecule has 0 aliphatic carbocycles. The first-order valence-corrected chi connectivity index (χ1v) is 14.4. The van der Waals surface area contributed by atoms with Crippen LogP contribution in [0.5, 0.6) is 0 Å². The molecule has 1 amide bonds. The SMILES string of the molecule is CC(Cc1ccccc1)C(C)c1cc(C#Cc2cnc3ccc(-c4ccc(C(=O)N5CCOCC5)cc4)nn23)ccn1. The van der Waals surface area contributed by atoms with Gasteiger partial charge in [0, 0.05) is 47.6 Å². The zero-order valence-corrected chi connectivity index (χ0v) is 23.9. The summed E-state index contributed by atoms with van der Waals surface area (Å²) in [6, 6.07) is 26.1. The Kier molecular flexibility index (Phi) is 8.07. The number of amides is 1. The van der Waals surface area contributed by atoms with Gasteiger partial charge >= 0.3 is 0 Å². The fourth-order valence-electron chi connectivity index (χ4n) is 5.21. The minimum absolute atomic E-state index is 0.0275. The number of nitrogens with zero attached hydrogens (tertiary/aromatic N) is 5. The fourth-order valence-corrected chi connectivity index (χ4v) is 5.21. The van der Waals surface area contributed by atoms with Crippen molar-refractivity contribution in [2.24, 2.45) is 5.92 Å². The number of pyridine rings is 1. The Hall–Kier alpha value is -4.80. The average molecular weight is 556 g/mol. The highest BCUT2D eigenvalue weighted by Crippen LogP contribution is 2.26. The van der Waals surface area contributed by atoms with Crippen LogP contribution in [0.25, 0.3) is 16.9 Å². The molecule has 3 aromatic heterocycles. The molecule has 6 rings (SSSR count). The van der Waals surface area contributed by atoms with Crippen LogP contribution in [0.2, 0.25) is 0 Å². The number of carbonyl (C=O) groups excluding carboxylic acids is 1. The highest BCUT2D eigenvalue weighted by molar-refractivity contribution is 5.94. The van der Waals surface area contributed by atoms with E-state index < -0.39 is 0 Å². The second-order valence-electron chi connectivity index (χ2n) is 10.8. The molecule has 0 N–H and O–H groups in total. The lowest BCUT2D eigenvalue weighted by molar-refractivity contribution is 0.0303. The van der Waals surface area contributed by atoms with Crippen LogP contribution in [0.3, 0.4) is 0 Å². The van der Waals surface area contributed by atoms with E-state index in [1.54, 1.807) is 10.7 Å². The van der Waals surface area contributed by atoms with Crippen molar-refractivity contribution in [1.29, 1.82) is 0 Å². The van der Waals surface area contributed by atoms with E-state index in [1.165, 1.54) is 5.56 Å². The topological polar surface area (TPSA) is 72.6 Å². The fraction of sp³-hybridized carbons (Fsp3) is 0.257. The number of morpholine rings is 1. The van der Waals surface area contributed by atoms with Crippen molar-refractivity contribution in [3.8, 4) is 23.1 Å². The third-order valence-electron chi connectivity index (χ3n) is 7.92. The molecule has 5 aromatic rings. The van der Waals surface area contributed by atoms with Crippen LogP contribution in [0.4, 0.5) is 0 Å². The molecule has 42 heavy (non-hydrogen) atoms. The van der Waals surface area contributed by atoms with Crippen LogP contribution >= 0.6 is 0 Å². The number of benzene rings is 2. The molecule has 7 heteroatoms. The first-order chi connectivity index (χ1) is 20.5. The largest absolute Gasteiger partial charge is 0.378 e. The Balaban J connectivity index is 1.19. The normalized spacial score (nSPS) is 14.7. The van der Waals surface area contributed by atoms with E-state index in [0.29, 0.717) is 49.4 Å². The van der Waals surface area contributed by atoms with E-state index in [2.05, 4.69) is 72.1 Å². The van der Waals surface area contributed by atoms with Gasteiger partial charge in [-0.05, 0) is 60.2 Å². The highest BCUT2D eigenvalue weighted by Gasteiger charge is 2.19. The number of hydrogen-bond acceptors (Lipinski definition) is 5. The van der Waals surface area contributed by atoms with Gasteiger partial charge in [-0.1, -0.05) is 62.2 Å². The molecular formula is C35H33N5O2. The van der Waals surface area contributed by atoms with E-state index in [-0.39, 0.29) is 5.91 Å². The van der Waals surface area contributed by atoms with Gasteiger partial charge in [-0.25, -0.2) is 9.50 Å². The van der Waals surface area contributed by atoms with Gasteiger partial charge in [0.05, 0.1) is 25.1 Å². The summed E-state index contributed by atoms with van der Waals surface area (Å²) in [6.45, 7) is 6.91. The molecule has 4 heterocycles. The second kappa shape index (κ2) is 12.4. The molecule has 1 fully saturated rings. The summed E-state index contributed by atoms with van der Waals surface area (Å²) in [5.41, 5.74) is 7.07. The van der Waals surface area contributed by atoms with Gasteiger partial charge in [0.25, 0.3) is 5.91 Å². The molecule has 2 atom stereocenters. The number of carbonyl (C=O) groups is 1. The van der Waals surface area contributed by atoms with Crippen LogP contribution in [-0.2, 0) is 11.2 Å². The predicted octanol–water partition coefficient (Wildman–Crippen LogP) is 5.65. The van der Waals surface area contributed by atoms with Crippen LogP contribution in [0, 0.1) is 17.8 Å². The molecule has 1 saturated heterocycles. The first kappa shape index (κ1) is 27.4. The lowest BCUT2D eigenvalue weighted by Crippen LogP contribution is -2.40. The lowest BCUT2D eigenvalue weighted by atomic mass is 9.87. The van der Waals surface area contributed by atoms with E-state index in [0.717, 1.165) is 34.6 Å². The maximum Gasteiger partial charge on any atom is 0.254 e. The van der Waals surface area contributed by atoms with E-state index in [1.807, 2.05) is 53.6 Å². The van der Waals surface area contributed by atoms with E-state index >= 15 is 0 Å². The molecule has 0 bridgehead atoms. The summed E-state index contributed by atoms with van der Waals surface area (Å²) < 4.78 is 7.13. The molecule has 1 aliphatic heterocycles. The summed E-state index contributed by atoms with van der Waals surface area (Å²) in [6.07, 6.45) is 4.58. The molecule has 0 radical (unpaired) electrons. The van der Waals surface area contributed by atoms with Gasteiger partial charge in [-0.3, -0.25) is 9.78 Å². The number of imidazole rings is 1. The number of aromatic nitrogens is 4. The van der Waals surface area contributed by atoms with Gasteiger partial charge < -0.3 is 9.64 Å². The number of fused-ring (bicyclic) bond motifs is 1. The average Bonchev–Trinajstić information content (AvgIpc) is 3.46. The number of rotatable bonds is 6. The van der Waals surface area contributed by atoms with Crippen LogP contribution in [-0.4, -0.2) is 56.7 Å². The zero-order valence-electron chi connectivity index (χ0n) is 23.9. The Morgan fingerprint density at radius 3 is 2.50 bits per heavy atom. The third kappa shape index (κ3) is 6.09. The lowest BCUT2D eigenvalue weighted by Gasteiger charge is -2.26. The first-order valence-electron chi connectivity index (χ1n) is 14.4. The van der Waals surface area contributed by atoms with Crippen molar-refractivity contribution in [2.75, 3.05) is 26.3 Å². The van der Waals surface area contributed by atoms with Gasteiger partial charge in [-0.2, -0.15) is 5.10 Å². The standard InChI is InChI=1S/C35H33N5O2/c1-25(22-27-6-4-3-5-7-27)26(2)33-23-28(16-17-36-33)8-13-31-24-37-34-15-14-32(38-40(31)34)29-9-11-30(12-10-29)35(41)39-18-20-42-21-19-39/h3-7,9-12,14-17,23-26H,18-22H2,1-2H3. The Morgan fingerprint density at radius 1 is 0.929 bits per heavy atom. The van der Waals surface area contributed by atoms with Gasteiger partial charge in [-0.15, -0.1) is 0 Å². The highest BCUT2D eigenvalue weighted by atomic mass is 16.5. The maximum absolute atomic E-state index is 12.8. The van der Waals surface area contributed by atoms with E-state index in [9.17, 15) is 4.79 Å². The third-order valence-corrected chi connectivity index (χ3v) is 7.92. The Labute approximate surface area is 246 Å². The van der Waals surface area contributed by atoms with Crippen molar-refractivity contribution in [2.45, 2.75) is 26.2 Å². The van der Waals surface area contributed by atoms with Gasteiger partial charge in [0.1, 0.15) is 5.69 Å². The molecule has 0 saturated carbocycles. The molecule has 7 nitrogen and oxygen atoms in total. The molecule has 1 aliphatic rings. The van der Waals surface area contributed by atoms with Crippen molar-refractivity contribution in [3.05, 3.63) is 119 Å². The Bertz CT molecular complexity index is 1750. The molecular weight excluding hydrogens is 522 g/mol. The molecule has 0 spiro atoms. The van der Waals surface area contributed by atoms with Crippen LogP contribution < -0.4 is 0 Å². The minimum atomic E-state index is 0.0275. The summed E-state index contributed by atoms with van der Waals surface area (Å²) in [5, 5.41) is 4.82. The molecule has 210 valence electrons. The summed E-state index contributed by atoms with van der Waals surface area (Å²) >= 11 is 0. The minimum Gasteiger partial charge on any atom is -0.378 e. The monoisotopic (exact) mass is 555 g/mol. The zero-order chi connectivity index (χ0) is 28.9. The Morgan fingerprint density at radius 2 is 1.71 bits per heavy atom.